The Morgan fingerprint density at radius 1 is 0.364 bits per heavy atom. The van der Waals surface area contributed by atoms with Crippen LogP contribution in [0.3, 0.4) is 0 Å². The smallest absolute Gasteiger partial charge is 0.136 e. The van der Waals surface area contributed by atoms with Crippen LogP contribution in [0.5, 0.6) is 0 Å². The van der Waals surface area contributed by atoms with E-state index in [4.69, 9.17) is 4.42 Å². The highest BCUT2D eigenvalue weighted by Gasteiger charge is 2.22. The number of thiophene rings is 1. The van der Waals surface area contributed by atoms with Crippen LogP contribution in [0.1, 0.15) is 0 Å². The number of anilines is 3. The summed E-state index contributed by atoms with van der Waals surface area (Å²) >= 11 is 1.85. The molecule has 0 aliphatic heterocycles. The number of fused-ring (bicyclic) bond motifs is 12. The van der Waals surface area contributed by atoms with Crippen molar-refractivity contribution in [2.75, 3.05) is 4.90 Å². The van der Waals surface area contributed by atoms with E-state index in [0.29, 0.717) is 0 Å². The Balaban J connectivity index is 1.02. The first kappa shape index (κ1) is 37.0. The largest absolute Gasteiger partial charge is 0.456 e. The van der Waals surface area contributed by atoms with E-state index >= 15 is 0 Å². The third kappa shape index (κ3) is 5.69. The van der Waals surface area contributed by atoms with Crippen molar-refractivity contribution in [3.8, 4) is 27.9 Å². The van der Waals surface area contributed by atoms with Gasteiger partial charge in [-0.15, -0.1) is 11.3 Å². The fraction of sp³-hybridized carbons (Fsp3) is 0. The number of furan rings is 1. The first-order chi connectivity index (χ1) is 32.7. The number of hydrogen-bond donors (Lipinski definition) is 0. The molecule has 11 aromatic carbocycles. The van der Waals surface area contributed by atoms with Crippen LogP contribution in [0.25, 0.3) is 113 Å². The van der Waals surface area contributed by atoms with Gasteiger partial charge in [-0.05, 0) is 129 Å². The Morgan fingerprint density at radius 3 is 1.86 bits per heavy atom. The summed E-state index contributed by atoms with van der Waals surface area (Å²) in [5, 5.41) is 12.2. The maximum absolute atomic E-state index is 6.42. The van der Waals surface area contributed by atoms with Crippen LogP contribution in [0.2, 0.25) is 0 Å². The van der Waals surface area contributed by atoms with E-state index < -0.39 is 0 Å². The predicted octanol–water partition coefficient (Wildman–Crippen LogP) is 18.2. The first-order valence-corrected chi connectivity index (χ1v) is 23.3. The molecular weight excluding hydrogens is 821 g/mol. The van der Waals surface area contributed by atoms with Crippen molar-refractivity contribution in [3.63, 3.8) is 0 Å². The van der Waals surface area contributed by atoms with Crippen molar-refractivity contribution < 1.29 is 4.42 Å². The van der Waals surface area contributed by atoms with Gasteiger partial charge < -0.3 is 13.9 Å². The number of aromatic nitrogens is 1. The maximum Gasteiger partial charge on any atom is 0.136 e. The van der Waals surface area contributed by atoms with Gasteiger partial charge in [0.25, 0.3) is 0 Å². The fourth-order valence-electron chi connectivity index (χ4n) is 10.5. The van der Waals surface area contributed by atoms with E-state index in [1.165, 1.54) is 80.2 Å². The van der Waals surface area contributed by atoms with Crippen molar-refractivity contribution in [3.05, 3.63) is 231 Å². The monoisotopic (exact) mass is 858 g/mol. The normalized spacial score (nSPS) is 11.9. The van der Waals surface area contributed by atoms with E-state index in [1.807, 2.05) is 17.4 Å². The lowest BCUT2D eigenvalue weighted by Crippen LogP contribution is -2.11. The molecule has 308 valence electrons. The number of nitrogens with zero attached hydrogens (tertiary/aromatic N) is 2. The van der Waals surface area contributed by atoms with Crippen LogP contribution < -0.4 is 4.90 Å². The highest BCUT2D eigenvalue weighted by molar-refractivity contribution is 7.26. The molecule has 0 bridgehead atoms. The second-order valence-electron chi connectivity index (χ2n) is 17.2. The van der Waals surface area contributed by atoms with Crippen molar-refractivity contribution in [1.29, 1.82) is 0 Å². The van der Waals surface area contributed by atoms with Gasteiger partial charge in [0.1, 0.15) is 11.2 Å². The highest BCUT2D eigenvalue weighted by atomic mass is 32.1. The van der Waals surface area contributed by atoms with Crippen molar-refractivity contribution >= 4 is 114 Å². The van der Waals surface area contributed by atoms with Crippen molar-refractivity contribution in [2.45, 2.75) is 0 Å². The average molecular weight is 859 g/mol. The van der Waals surface area contributed by atoms with Gasteiger partial charge in [0.05, 0.1) is 16.7 Å². The molecule has 3 aromatic heterocycles. The zero-order chi connectivity index (χ0) is 43.3. The number of benzene rings is 11. The molecule has 14 aromatic rings. The highest BCUT2D eigenvalue weighted by Crippen LogP contribution is 2.48. The Labute approximate surface area is 384 Å². The summed E-state index contributed by atoms with van der Waals surface area (Å²) in [5.41, 5.74) is 13.3. The quantitative estimate of drug-likeness (QED) is 0.155. The zero-order valence-corrected chi connectivity index (χ0v) is 36.5. The summed E-state index contributed by atoms with van der Waals surface area (Å²) in [7, 11) is 0. The maximum atomic E-state index is 6.42. The zero-order valence-electron chi connectivity index (χ0n) is 35.7. The molecule has 0 radical (unpaired) electrons. The van der Waals surface area contributed by atoms with Gasteiger partial charge in [-0.25, -0.2) is 0 Å². The van der Waals surface area contributed by atoms with Gasteiger partial charge in [-0.1, -0.05) is 140 Å². The number of hydrogen-bond acceptors (Lipinski definition) is 3. The summed E-state index contributed by atoms with van der Waals surface area (Å²) < 4.78 is 11.3. The molecule has 3 nitrogen and oxygen atoms in total. The Morgan fingerprint density at radius 2 is 1.05 bits per heavy atom. The van der Waals surface area contributed by atoms with Crippen molar-refractivity contribution in [1.82, 2.24) is 4.57 Å². The van der Waals surface area contributed by atoms with Gasteiger partial charge in [0.15, 0.2) is 0 Å². The molecule has 0 saturated heterocycles. The first-order valence-electron chi connectivity index (χ1n) is 22.5. The summed E-state index contributed by atoms with van der Waals surface area (Å²) in [6, 6.07) is 84.2. The van der Waals surface area contributed by atoms with Crippen molar-refractivity contribution in [2.24, 2.45) is 0 Å². The fourth-order valence-corrected chi connectivity index (χ4v) is 11.7. The van der Waals surface area contributed by atoms with E-state index in [2.05, 4.69) is 234 Å². The third-order valence-corrected chi connectivity index (χ3v) is 14.7. The minimum Gasteiger partial charge on any atom is -0.456 e. The van der Waals surface area contributed by atoms with Crippen LogP contribution in [-0.4, -0.2) is 4.57 Å². The lowest BCUT2D eigenvalue weighted by atomic mass is 9.94. The van der Waals surface area contributed by atoms with E-state index in [9.17, 15) is 0 Å². The molecule has 3 heterocycles. The van der Waals surface area contributed by atoms with Gasteiger partial charge in [0.2, 0.25) is 0 Å². The van der Waals surface area contributed by atoms with E-state index in [0.717, 1.165) is 50.3 Å². The average Bonchev–Trinajstić information content (AvgIpc) is 4.06. The Hall–Kier alpha value is -8.44. The van der Waals surface area contributed by atoms with Crippen LogP contribution in [-0.2, 0) is 0 Å². The van der Waals surface area contributed by atoms with Crippen LogP contribution in [0.4, 0.5) is 17.1 Å². The standard InChI is InChI=1S/C62H38N2OS/c1-2-13-39(14-3-1)53-35-41-26-25-40-15-4-5-16-46(40)52(41)38-57(53)63(43-28-30-44(31-29-43)64-55-21-9-6-17-48(55)49-18-7-10-22-56(49)64)45-32-34-60-54(37-45)62-47(20-12-24-61(62)66-60)42-27-33-51-50-19-8-11-23-58(50)65-59(51)36-42/h1-38H. The molecule has 0 atom stereocenters. The minimum absolute atomic E-state index is 0.902. The van der Waals surface area contributed by atoms with E-state index in [-0.39, 0.29) is 0 Å². The van der Waals surface area contributed by atoms with Gasteiger partial charge in [-0.3, -0.25) is 0 Å². The molecule has 0 fully saturated rings. The minimum atomic E-state index is 0.902. The molecule has 0 aliphatic rings. The summed E-state index contributed by atoms with van der Waals surface area (Å²) in [4.78, 5) is 2.48. The second kappa shape index (κ2) is 14.5. The molecule has 0 amide bonds. The summed E-state index contributed by atoms with van der Waals surface area (Å²) in [6.45, 7) is 0. The molecular formula is C62H38N2OS. The summed E-state index contributed by atoms with van der Waals surface area (Å²) in [5.74, 6) is 0. The second-order valence-corrected chi connectivity index (χ2v) is 18.3. The topological polar surface area (TPSA) is 21.3 Å². The van der Waals surface area contributed by atoms with Crippen LogP contribution in [0.15, 0.2) is 235 Å². The molecule has 4 heteroatoms. The molecule has 0 aliphatic carbocycles. The predicted molar refractivity (Wildman–Crippen MR) is 282 cm³/mol. The molecule has 14 rings (SSSR count). The molecule has 0 saturated carbocycles. The Kier molecular flexibility index (Phi) is 8.15. The van der Waals surface area contributed by atoms with Gasteiger partial charge in [0, 0.05) is 64.3 Å². The lowest BCUT2D eigenvalue weighted by molar-refractivity contribution is 0.669. The molecule has 66 heavy (non-hydrogen) atoms. The third-order valence-electron chi connectivity index (χ3n) is 13.6. The molecule has 0 N–H and O–H groups in total. The van der Waals surface area contributed by atoms with Gasteiger partial charge in [-0.2, -0.15) is 0 Å². The Bertz CT molecular complexity index is 4180. The SMILES string of the molecule is c1ccc(-c2cc3ccc4ccccc4c3cc2N(c2ccc(-n3c4ccccc4c4ccccc43)cc2)c2ccc3sc4cccc(-c5ccc6c(c5)oc5ccccc56)c4c3c2)cc1. The van der Waals surface area contributed by atoms with Crippen LogP contribution >= 0.6 is 11.3 Å². The molecule has 0 unspecified atom stereocenters. The summed E-state index contributed by atoms with van der Waals surface area (Å²) in [6.07, 6.45) is 0. The number of rotatable bonds is 6. The van der Waals surface area contributed by atoms with E-state index in [1.54, 1.807) is 0 Å². The van der Waals surface area contributed by atoms with Gasteiger partial charge >= 0.3 is 0 Å². The lowest BCUT2D eigenvalue weighted by Gasteiger charge is -2.29. The number of para-hydroxylation sites is 3. The molecule has 0 spiro atoms. The van der Waals surface area contributed by atoms with Crippen LogP contribution in [0, 0.1) is 0 Å².